The van der Waals surface area contributed by atoms with E-state index in [0.717, 1.165) is 24.1 Å². The van der Waals surface area contributed by atoms with Gasteiger partial charge in [-0.3, -0.25) is 10.4 Å². The van der Waals surface area contributed by atoms with Crippen LogP contribution in [0.2, 0.25) is 5.02 Å². The van der Waals surface area contributed by atoms with E-state index in [2.05, 4.69) is 51.4 Å². The summed E-state index contributed by atoms with van der Waals surface area (Å²) in [4.78, 5) is 26.8. The van der Waals surface area contributed by atoms with Crippen molar-refractivity contribution in [2.24, 2.45) is 0 Å². The van der Waals surface area contributed by atoms with Crippen LogP contribution in [0.15, 0.2) is 47.4 Å². The summed E-state index contributed by atoms with van der Waals surface area (Å²) in [6, 6.07) is 12.1. The largest absolute Gasteiger partial charge is 0.333 e. The van der Waals surface area contributed by atoms with E-state index in [4.69, 9.17) is 17.0 Å². The number of aromatic amines is 1. The van der Waals surface area contributed by atoms with E-state index in [1.54, 1.807) is 18.3 Å². The number of halogens is 1. The van der Waals surface area contributed by atoms with Gasteiger partial charge in [0.2, 0.25) is 5.95 Å². The molecule has 2 aromatic carbocycles. The van der Waals surface area contributed by atoms with Crippen molar-refractivity contribution in [1.82, 2.24) is 24.4 Å². The number of nitrogens with zero attached hydrogens (tertiary/aromatic N) is 4. The van der Waals surface area contributed by atoms with Crippen molar-refractivity contribution < 1.29 is 0 Å². The van der Waals surface area contributed by atoms with E-state index in [0.29, 0.717) is 28.1 Å². The molecule has 5 rings (SSSR count). The van der Waals surface area contributed by atoms with Gasteiger partial charge in [0.1, 0.15) is 5.49 Å². The number of hydrogen-bond acceptors (Lipinski definition) is 6. The van der Waals surface area contributed by atoms with Crippen LogP contribution in [0.25, 0.3) is 16.7 Å². The Bertz CT molecular complexity index is 1490. The van der Waals surface area contributed by atoms with Gasteiger partial charge in [0.15, 0.2) is 5.65 Å². The fourth-order valence-corrected chi connectivity index (χ4v) is 4.68. The van der Waals surface area contributed by atoms with Gasteiger partial charge in [0, 0.05) is 17.9 Å². The molecule has 1 aliphatic carbocycles. The average Bonchev–Trinajstić information content (AvgIpc) is 3.19. The number of aromatic nitrogens is 4. The molecule has 0 bridgehead atoms. The molecule has 33 heavy (non-hydrogen) atoms. The lowest BCUT2D eigenvalue weighted by atomic mass is 10.1. The first-order valence-corrected chi connectivity index (χ1v) is 11.1. The van der Waals surface area contributed by atoms with Crippen LogP contribution in [0.5, 0.6) is 0 Å². The van der Waals surface area contributed by atoms with E-state index in [1.807, 2.05) is 19.1 Å². The summed E-state index contributed by atoms with van der Waals surface area (Å²) >= 11 is 6.34. The highest BCUT2D eigenvalue weighted by Crippen LogP contribution is 2.28. The molecule has 0 saturated heterocycles. The lowest BCUT2D eigenvalue weighted by molar-refractivity contribution is 0.303. The van der Waals surface area contributed by atoms with Crippen LogP contribution in [0.4, 0.5) is 11.6 Å². The minimum Gasteiger partial charge on any atom is -0.324 e. The van der Waals surface area contributed by atoms with Gasteiger partial charge >= 0.3 is 5.69 Å². The maximum absolute atomic E-state index is 12.9. The molecule has 0 radical (unpaired) electrons. The average molecular weight is 462 g/mol. The predicted octanol–water partition coefficient (Wildman–Crippen LogP) is 3.32. The first kappa shape index (κ1) is 21.4. The van der Waals surface area contributed by atoms with Gasteiger partial charge in [-0.25, -0.2) is 14.3 Å². The first-order valence-electron chi connectivity index (χ1n) is 10.7. The van der Waals surface area contributed by atoms with E-state index in [-0.39, 0.29) is 11.1 Å². The molecule has 1 atom stereocenters. The van der Waals surface area contributed by atoms with Crippen molar-refractivity contribution in [3.8, 4) is 5.69 Å². The van der Waals surface area contributed by atoms with Crippen LogP contribution in [-0.2, 0) is 12.8 Å². The Morgan fingerprint density at radius 2 is 2.00 bits per heavy atom. The third-order valence-corrected chi connectivity index (χ3v) is 6.52. The maximum Gasteiger partial charge on any atom is 0.333 e. The molecule has 0 amide bonds. The Kier molecular flexibility index (Phi) is 5.26. The van der Waals surface area contributed by atoms with Crippen molar-refractivity contribution in [1.29, 1.82) is 5.41 Å². The highest BCUT2D eigenvalue weighted by Gasteiger charge is 2.23. The maximum atomic E-state index is 12.9. The summed E-state index contributed by atoms with van der Waals surface area (Å²) in [7, 11) is 4.22. The molecule has 2 heterocycles. The molecule has 8 nitrogen and oxygen atoms in total. The van der Waals surface area contributed by atoms with Gasteiger partial charge in [-0.2, -0.15) is 4.98 Å². The molecule has 168 valence electrons. The lowest BCUT2D eigenvalue weighted by Gasteiger charge is -2.17. The minimum atomic E-state index is -0.486. The second-order valence-electron chi connectivity index (χ2n) is 8.61. The molecule has 0 spiro atoms. The van der Waals surface area contributed by atoms with E-state index in [1.165, 1.54) is 15.7 Å². The van der Waals surface area contributed by atoms with Crippen LogP contribution in [0, 0.1) is 12.3 Å². The summed E-state index contributed by atoms with van der Waals surface area (Å²) in [5.41, 5.74) is 4.61. The quantitative estimate of drug-likeness (QED) is 0.432. The summed E-state index contributed by atoms with van der Waals surface area (Å²) in [6.45, 7) is 1.85. The molecule has 0 aliphatic heterocycles. The van der Waals surface area contributed by atoms with Crippen molar-refractivity contribution >= 4 is 34.3 Å². The second kappa shape index (κ2) is 8.13. The number of para-hydroxylation sites is 1. The zero-order chi connectivity index (χ0) is 23.3. The number of aryl methyl sites for hydroxylation is 1. The van der Waals surface area contributed by atoms with Crippen LogP contribution in [0.3, 0.4) is 0 Å². The van der Waals surface area contributed by atoms with Gasteiger partial charge in [0.25, 0.3) is 0 Å². The van der Waals surface area contributed by atoms with Gasteiger partial charge < -0.3 is 10.2 Å². The Morgan fingerprint density at radius 1 is 1.21 bits per heavy atom. The number of nitrogens with one attached hydrogen (secondary N) is 3. The van der Waals surface area contributed by atoms with Crippen molar-refractivity contribution in [2.75, 3.05) is 19.4 Å². The molecule has 1 unspecified atom stereocenters. The molecule has 0 saturated carbocycles. The van der Waals surface area contributed by atoms with E-state index in [9.17, 15) is 4.79 Å². The van der Waals surface area contributed by atoms with Crippen LogP contribution >= 0.6 is 11.6 Å². The SMILES string of the molecule is Cc1cccc(Cl)c1-n1c(=O)[nH]c2nc(Nc3ccc4c(c3)CC(N(C)C)C4)ncc2c1=N. The summed E-state index contributed by atoms with van der Waals surface area (Å²) < 4.78 is 1.25. The number of H-pyrrole nitrogens is 1. The third-order valence-electron chi connectivity index (χ3n) is 6.21. The molecule has 2 aromatic heterocycles. The molecule has 9 heteroatoms. The van der Waals surface area contributed by atoms with Crippen LogP contribution in [-0.4, -0.2) is 44.6 Å². The highest BCUT2D eigenvalue weighted by atomic mass is 35.5. The third kappa shape index (κ3) is 3.81. The van der Waals surface area contributed by atoms with Crippen molar-refractivity contribution in [3.05, 3.63) is 80.3 Å². The number of fused-ring (bicyclic) bond motifs is 2. The summed E-state index contributed by atoms with van der Waals surface area (Å²) in [5, 5.41) is 12.7. The molecule has 0 fully saturated rings. The molecular weight excluding hydrogens is 438 g/mol. The standard InChI is InChI=1S/C24H24ClN7O/c1-13-5-4-6-19(25)20(13)32-21(26)18-12-27-23(29-22(18)30-24(32)33)28-16-8-7-14-10-17(31(2)3)11-15(14)9-16/h4-9,12,17,26H,10-11H2,1-3H3,(H2,27,28,29,30,33). The van der Waals surface area contributed by atoms with E-state index >= 15 is 0 Å². The zero-order valence-electron chi connectivity index (χ0n) is 18.6. The normalized spacial score (nSPS) is 15.2. The minimum absolute atomic E-state index is 0.0243. The Balaban J connectivity index is 1.50. The number of anilines is 2. The predicted molar refractivity (Wildman–Crippen MR) is 130 cm³/mol. The Hall–Kier alpha value is -3.49. The molecule has 4 aromatic rings. The highest BCUT2D eigenvalue weighted by molar-refractivity contribution is 6.32. The monoisotopic (exact) mass is 461 g/mol. The number of rotatable bonds is 4. The van der Waals surface area contributed by atoms with Crippen LogP contribution in [0.1, 0.15) is 16.7 Å². The fraction of sp³-hybridized carbons (Fsp3) is 0.250. The Morgan fingerprint density at radius 3 is 2.76 bits per heavy atom. The number of benzene rings is 2. The van der Waals surface area contributed by atoms with Crippen LogP contribution < -0.4 is 16.5 Å². The Labute approximate surface area is 195 Å². The summed E-state index contributed by atoms with van der Waals surface area (Å²) in [6.07, 6.45) is 3.60. The van der Waals surface area contributed by atoms with Gasteiger partial charge in [-0.1, -0.05) is 29.8 Å². The fourth-order valence-electron chi connectivity index (χ4n) is 4.38. The van der Waals surface area contributed by atoms with Gasteiger partial charge in [-0.15, -0.1) is 0 Å². The molecule has 1 aliphatic rings. The van der Waals surface area contributed by atoms with Crippen molar-refractivity contribution in [2.45, 2.75) is 25.8 Å². The zero-order valence-corrected chi connectivity index (χ0v) is 19.4. The first-order chi connectivity index (χ1) is 15.8. The second-order valence-corrected chi connectivity index (χ2v) is 9.02. The van der Waals surface area contributed by atoms with Gasteiger partial charge in [0.05, 0.1) is 16.1 Å². The van der Waals surface area contributed by atoms with Crippen molar-refractivity contribution in [3.63, 3.8) is 0 Å². The summed E-state index contributed by atoms with van der Waals surface area (Å²) in [5.74, 6) is 0.353. The van der Waals surface area contributed by atoms with E-state index < -0.39 is 5.69 Å². The molecule has 3 N–H and O–H groups in total. The number of hydrogen-bond donors (Lipinski definition) is 3. The topological polar surface area (TPSA) is 103 Å². The number of likely N-dealkylation sites (N-methyl/N-ethyl adjacent to an activating group) is 1. The van der Waals surface area contributed by atoms with Gasteiger partial charge in [-0.05, 0) is 68.8 Å². The smallest absolute Gasteiger partial charge is 0.324 e. The lowest BCUT2D eigenvalue weighted by Crippen LogP contribution is -2.34. The molecular formula is C24H24ClN7O.